The van der Waals surface area contributed by atoms with E-state index in [0.29, 0.717) is 0 Å². The van der Waals surface area contributed by atoms with Crippen LogP contribution in [0.4, 0.5) is 0 Å². The first kappa shape index (κ1) is 23.2. The maximum atomic E-state index is 8.52. The molecule has 0 bridgehead atoms. The van der Waals surface area contributed by atoms with Crippen LogP contribution in [-0.2, 0) is 23.5 Å². The van der Waals surface area contributed by atoms with Crippen LogP contribution >= 0.6 is 0 Å². The first-order valence-corrected chi connectivity index (χ1v) is 9.24. The lowest BCUT2D eigenvalue weighted by Crippen LogP contribution is -3.04. The Labute approximate surface area is 151 Å². The fraction of sp³-hybridized carbons (Fsp3) is 0.333. The van der Waals surface area contributed by atoms with E-state index >= 15 is 0 Å². The Morgan fingerprint density at radius 1 is 0.680 bits per heavy atom. The molecule has 140 valence electrons. The minimum absolute atomic E-state index is 1.11. The molecule has 6 nitrogen and oxygen atoms in total. The van der Waals surface area contributed by atoms with Gasteiger partial charge in [0.2, 0.25) is 0 Å². The molecule has 0 radical (unpaired) electrons. The van der Waals surface area contributed by atoms with Gasteiger partial charge in [-0.1, -0.05) is 60.7 Å². The van der Waals surface area contributed by atoms with Crippen molar-refractivity contribution in [3.63, 3.8) is 0 Å². The molecule has 0 aliphatic rings. The molecule has 0 amide bonds. The van der Waals surface area contributed by atoms with Gasteiger partial charge in [-0.15, -0.1) is 0 Å². The maximum absolute atomic E-state index is 8.52. The second-order valence-electron chi connectivity index (χ2n) is 6.15. The van der Waals surface area contributed by atoms with Crippen LogP contribution in [0.2, 0.25) is 0 Å². The van der Waals surface area contributed by atoms with Gasteiger partial charge in [0.25, 0.3) is 0 Å². The van der Waals surface area contributed by atoms with Crippen molar-refractivity contribution in [2.24, 2.45) is 0 Å². The van der Waals surface area contributed by atoms with E-state index < -0.39 is 10.4 Å². The molecular weight excluding hydrogens is 340 g/mol. The Bertz CT molecular complexity index is 606. The van der Waals surface area contributed by atoms with Gasteiger partial charge in [-0.05, 0) is 0 Å². The highest BCUT2D eigenvalue weighted by Crippen LogP contribution is 1.94. The number of benzene rings is 2. The van der Waals surface area contributed by atoms with Gasteiger partial charge in [-0.2, -0.15) is 0 Å². The summed E-state index contributed by atoms with van der Waals surface area (Å²) in [5.74, 6) is 0. The quantitative estimate of drug-likeness (QED) is 0.553. The van der Waals surface area contributed by atoms with E-state index in [1.165, 1.54) is 20.9 Å². The number of hydrogen-bond acceptors (Lipinski definition) is 4. The molecule has 0 spiro atoms. The van der Waals surface area contributed by atoms with Crippen LogP contribution in [0.25, 0.3) is 0 Å². The normalized spacial score (nSPS) is 10.6. The summed E-state index contributed by atoms with van der Waals surface area (Å²) in [5, 5.41) is 0. The predicted molar refractivity (Wildman–Crippen MR) is 96.4 cm³/mol. The summed E-state index contributed by atoms with van der Waals surface area (Å²) in [6, 6.07) is 21.1. The summed E-state index contributed by atoms with van der Waals surface area (Å²) in [5.41, 5.74) is 2.81. The predicted octanol–water partition coefficient (Wildman–Crippen LogP) is -0.676. The molecule has 2 aromatic carbocycles. The van der Waals surface area contributed by atoms with Crippen molar-refractivity contribution in [3.05, 3.63) is 71.8 Å². The van der Waals surface area contributed by atoms with Crippen molar-refractivity contribution in [2.75, 3.05) is 28.2 Å². The molecule has 0 saturated carbocycles. The summed E-state index contributed by atoms with van der Waals surface area (Å²) in [6.45, 7) is 2.22. The summed E-state index contributed by atoms with van der Waals surface area (Å²) in [4.78, 5) is 2.93. The van der Waals surface area contributed by atoms with Crippen molar-refractivity contribution in [1.82, 2.24) is 0 Å². The molecule has 25 heavy (non-hydrogen) atoms. The van der Waals surface area contributed by atoms with E-state index in [2.05, 4.69) is 88.9 Å². The van der Waals surface area contributed by atoms with E-state index in [0.717, 1.165) is 13.1 Å². The van der Waals surface area contributed by atoms with E-state index in [-0.39, 0.29) is 0 Å². The zero-order chi connectivity index (χ0) is 19.3. The summed E-state index contributed by atoms with van der Waals surface area (Å²) in [7, 11) is 3.47. The Morgan fingerprint density at radius 2 is 0.920 bits per heavy atom. The second kappa shape index (κ2) is 12.6. The third-order valence-electron chi connectivity index (χ3n) is 2.80. The first-order valence-electron chi connectivity index (χ1n) is 7.90. The van der Waals surface area contributed by atoms with Gasteiger partial charge in [0.15, 0.2) is 0 Å². The molecule has 0 aliphatic heterocycles. The third kappa shape index (κ3) is 18.4. The minimum atomic E-state index is -5.17. The lowest BCUT2D eigenvalue weighted by molar-refractivity contribution is -0.872. The molecular formula is C18H28N2O4S. The standard InChI is InChI=1S/2C9H13N.H2O4S/c2*1-10(2)8-9-6-4-3-5-7-9;1-5(2,3)4/h2*3-7H,8H2,1-2H3;(H2,1,2,3,4). The third-order valence-corrected chi connectivity index (χ3v) is 2.80. The molecule has 0 fully saturated rings. The van der Waals surface area contributed by atoms with Gasteiger partial charge in [0, 0.05) is 21.5 Å². The van der Waals surface area contributed by atoms with Crippen LogP contribution < -0.4 is 9.80 Å². The van der Waals surface area contributed by atoms with Gasteiger partial charge < -0.3 is 18.9 Å². The fourth-order valence-electron chi connectivity index (χ4n) is 2.01. The van der Waals surface area contributed by atoms with Gasteiger partial charge >= 0.3 is 0 Å². The van der Waals surface area contributed by atoms with Crippen molar-refractivity contribution in [1.29, 1.82) is 0 Å². The molecule has 0 unspecified atom stereocenters. The van der Waals surface area contributed by atoms with Crippen LogP contribution in [0.1, 0.15) is 11.1 Å². The summed E-state index contributed by atoms with van der Waals surface area (Å²) >= 11 is 0. The van der Waals surface area contributed by atoms with E-state index in [1.807, 2.05) is 0 Å². The van der Waals surface area contributed by atoms with Crippen LogP contribution in [0.5, 0.6) is 0 Å². The molecule has 0 atom stereocenters. The highest BCUT2D eigenvalue weighted by atomic mass is 32.3. The smallest absolute Gasteiger partial charge is 0.102 e. The average Bonchev–Trinajstić information content (AvgIpc) is 2.47. The summed E-state index contributed by atoms with van der Waals surface area (Å²) < 4.78 is 34.1. The number of quaternary nitrogens is 2. The second-order valence-corrected chi connectivity index (χ2v) is 6.96. The lowest BCUT2D eigenvalue weighted by Gasteiger charge is -2.06. The Morgan fingerprint density at radius 3 is 1.12 bits per heavy atom. The SMILES string of the molecule is C[NH+](C)Cc1ccccc1.C[NH+](C)Cc1ccccc1.O=S(=O)([O-])[O-]. The Balaban J connectivity index is 0.000000368. The van der Waals surface area contributed by atoms with Crippen molar-refractivity contribution in [2.45, 2.75) is 13.1 Å². The van der Waals surface area contributed by atoms with Gasteiger partial charge in [0.05, 0.1) is 28.2 Å². The van der Waals surface area contributed by atoms with Crippen LogP contribution in [-0.4, -0.2) is 45.7 Å². The highest BCUT2D eigenvalue weighted by Gasteiger charge is 1.94. The van der Waals surface area contributed by atoms with E-state index in [1.54, 1.807) is 0 Å². The Kier molecular flexibility index (Phi) is 11.7. The van der Waals surface area contributed by atoms with E-state index in [9.17, 15) is 0 Å². The molecule has 2 N–H and O–H groups in total. The fourth-order valence-corrected chi connectivity index (χ4v) is 2.01. The van der Waals surface area contributed by atoms with Gasteiger partial charge in [-0.3, -0.25) is 8.42 Å². The molecule has 0 saturated heterocycles. The molecule has 2 aromatic rings. The van der Waals surface area contributed by atoms with Crippen LogP contribution in [0.3, 0.4) is 0 Å². The van der Waals surface area contributed by atoms with Gasteiger partial charge in [0.1, 0.15) is 13.1 Å². The molecule has 0 aromatic heterocycles. The number of nitrogens with one attached hydrogen (secondary N) is 2. The molecule has 0 aliphatic carbocycles. The Hall–Kier alpha value is -1.77. The zero-order valence-electron chi connectivity index (χ0n) is 15.2. The monoisotopic (exact) mass is 368 g/mol. The lowest BCUT2D eigenvalue weighted by atomic mass is 10.2. The maximum Gasteiger partial charge on any atom is 0.102 e. The average molecular weight is 368 g/mol. The largest absolute Gasteiger partial charge is 0.759 e. The number of rotatable bonds is 4. The van der Waals surface area contributed by atoms with Crippen molar-refractivity contribution in [3.8, 4) is 0 Å². The molecule has 7 heteroatoms. The van der Waals surface area contributed by atoms with Crippen molar-refractivity contribution >= 4 is 10.4 Å². The summed E-state index contributed by atoms with van der Waals surface area (Å²) in [6.07, 6.45) is 0. The van der Waals surface area contributed by atoms with Crippen LogP contribution in [0, 0.1) is 0 Å². The van der Waals surface area contributed by atoms with Crippen molar-refractivity contribution < 1.29 is 27.3 Å². The zero-order valence-corrected chi connectivity index (χ0v) is 16.0. The number of hydrogen-bond donors (Lipinski definition) is 2. The molecule has 2 rings (SSSR count). The minimum Gasteiger partial charge on any atom is -0.759 e. The first-order chi connectivity index (χ1) is 11.6. The van der Waals surface area contributed by atoms with Crippen LogP contribution in [0.15, 0.2) is 60.7 Å². The topological polar surface area (TPSA) is 89.1 Å². The molecule has 0 heterocycles. The highest BCUT2D eigenvalue weighted by molar-refractivity contribution is 7.79. The van der Waals surface area contributed by atoms with E-state index in [4.69, 9.17) is 17.5 Å². The van der Waals surface area contributed by atoms with Gasteiger partial charge in [-0.25, -0.2) is 0 Å².